The third-order valence-corrected chi connectivity index (χ3v) is 7.08. The minimum atomic E-state index is -4.11. The third kappa shape index (κ3) is 4.42. The Morgan fingerprint density at radius 2 is 1.90 bits per heavy atom. The van der Waals surface area contributed by atoms with Gasteiger partial charge in [-0.2, -0.15) is 18.3 Å². The Morgan fingerprint density at radius 3 is 2.55 bits per heavy atom. The maximum Gasteiger partial charge on any atom is 0.391 e. The van der Waals surface area contributed by atoms with Gasteiger partial charge in [-0.15, -0.1) is 0 Å². The molecule has 3 heterocycles. The van der Waals surface area contributed by atoms with Crippen molar-refractivity contribution >= 4 is 11.6 Å². The van der Waals surface area contributed by atoms with Gasteiger partial charge in [0.2, 0.25) is 5.91 Å². The van der Waals surface area contributed by atoms with Crippen molar-refractivity contribution in [1.29, 1.82) is 0 Å². The molecule has 1 saturated carbocycles. The summed E-state index contributed by atoms with van der Waals surface area (Å²) in [5.41, 5.74) is 8.97. The van der Waals surface area contributed by atoms with E-state index in [-0.39, 0.29) is 37.1 Å². The Kier molecular flexibility index (Phi) is 5.98. The van der Waals surface area contributed by atoms with E-state index >= 15 is 0 Å². The number of rotatable bonds is 3. The molecule has 2 fully saturated rings. The number of likely N-dealkylation sites (tertiary alicyclic amines) is 1. The van der Waals surface area contributed by atoms with Crippen LogP contribution in [0.1, 0.15) is 67.9 Å². The Bertz CT molecular complexity index is 949. The van der Waals surface area contributed by atoms with Crippen LogP contribution < -0.4 is 5.73 Å². The number of alkyl halides is 3. The number of carbonyl (C=O) groups is 1. The number of aromatic nitrogens is 3. The van der Waals surface area contributed by atoms with Crippen molar-refractivity contribution in [2.24, 2.45) is 17.6 Å². The van der Waals surface area contributed by atoms with E-state index in [4.69, 9.17) is 10.8 Å². The van der Waals surface area contributed by atoms with E-state index < -0.39 is 12.1 Å². The standard InChI is InChI=1S/C22H30F3N5O/c1-13-7-8-29(21(31)11-26)12-17(13)19-9-14(2)27-20-10-18(28-30(19)20)15-3-5-16(6-4-15)22(23,24)25/h9-10,13,15-17H,3-8,11-12,26H2,1-2H3/t13-,15-,16-,17-/m1/s1. The summed E-state index contributed by atoms with van der Waals surface area (Å²) in [6.07, 6.45) is -1.95. The zero-order valence-electron chi connectivity index (χ0n) is 18.0. The summed E-state index contributed by atoms with van der Waals surface area (Å²) in [6, 6.07) is 3.94. The number of halogens is 3. The molecule has 1 aliphatic carbocycles. The van der Waals surface area contributed by atoms with Gasteiger partial charge in [0.25, 0.3) is 0 Å². The molecule has 0 unspecified atom stereocenters. The van der Waals surface area contributed by atoms with Gasteiger partial charge in [0, 0.05) is 36.7 Å². The van der Waals surface area contributed by atoms with Gasteiger partial charge < -0.3 is 10.6 Å². The Balaban J connectivity index is 1.62. The molecule has 0 radical (unpaired) electrons. The summed E-state index contributed by atoms with van der Waals surface area (Å²) in [7, 11) is 0. The maximum atomic E-state index is 13.0. The van der Waals surface area contributed by atoms with Crippen LogP contribution in [0.3, 0.4) is 0 Å². The summed E-state index contributed by atoms with van der Waals surface area (Å²) in [6.45, 7) is 5.40. The van der Waals surface area contributed by atoms with Crippen LogP contribution in [0.4, 0.5) is 13.2 Å². The predicted molar refractivity (Wildman–Crippen MR) is 111 cm³/mol. The van der Waals surface area contributed by atoms with E-state index in [1.54, 1.807) is 0 Å². The van der Waals surface area contributed by atoms with Gasteiger partial charge in [0.15, 0.2) is 5.65 Å². The highest BCUT2D eigenvalue weighted by Gasteiger charge is 2.42. The number of hydrogen-bond donors (Lipinski definition) is 1. The molecule has 2 aromatic rings. The summed E-state index contributed by atoms with van der Waals surface area (Å²) in [5, 5.41) is 4.81. The average Bonchev–Trinajstić information content (AvgIpc) is 3.16. The summed E-state index contributed by atoms with van der Waals surface area (Å²) in [4.78, 5) is 18.6. The molecule has 1 amide bonds. The van der Waals surface area contributed by atoms with Crippen molar-refractivity contribution in [1.82, 2.24) is 19.5 Å². The van der Waals surface area contributed by atoms with Crippen LogP contribution in [0, 0.1) is 18.8 Å². The zero-order chi connectivity index (χ0) is 22.3. The molecule has 1 aliphatic heterocycles. The molecular formula is C22H30F3N5O. The summed E-state index contributed by atoms with van der Waals surface area (Å²) < 4.78 is 40.9. The first-order chi connectivity index (χ1) is 14.7. The average molecular weight is 438 g/mol. The maximum absolute atomic E-state index is 13.0. The van der Waals surface area contributed by atoms with Gasteiger partial charge in [-0.05, 0) is 51.0 Å². The number of nitrogens with zero attached hydrogens (tertiary/aromatic N) is 4. The largest absolute Gasteiger partial charge is 0.391 e. The monoisotopic (exact) mass is 437 g/mol. The lowest BCUT2D eigenvalue weighted by molar-refractivity contribution is -0.182. The molecule has 2 aromatic heterocycles. The van der Waals surface area contributed by atoms with Gasteiger partial charge in [0.1, 0.15) is 0 Å². The lowest BCUT2D eigenvalue weighted by Gasteiger charge is -2.37. The van der Waals surface area contributed by atoms with Crippen LogP contribution >= 0.6 is 0 Å². The molecule has 2 N–H and O–H groups in total. The second-order valence-corrected chi connectivity index (χ2v) is 9.17. The number of amides is 1. The normalized spacial score (nSPS) is 27.6. The van der Waals surface area contributed by atoms with Crippen molar-refractivity contribution in [3.8, 4) is 0 Å². The highest BCUT2D eigenvalue weighted by Crippen LogP contribution is 2.43. The molecule has 170 valence electrons. The SMILES string of the molecule is Cc1cc([C@@H]2CN(C(=O)CN)CC[C@H]2C)n2nc([C@H]3CC[C@H](C(F)(F)F)CC3)cc2n1. The van der Waals surface area contributed by atoms with Crippen LogP contribution in [0.5, 0.6) is 0 Å². The number of piperidine rings is 1. The number of fused-ring (bicyclic) bond motifs is 1. The van der Waals surface area contributed by atoms with Crippen LogP contribution in [-0.4, -0.2) is 51.2 Å². The third-order valence-electron chi connectivity index (χ3n) is 7.08. The van der Waals surface area contributed by atoms with Crippen molar-refractivity contribution in [3.63, 3.8) is 0 Å². The molecule has 6 nitrogen and oxygen atoms in total. The predicted octanol–water partition coefficient (Wildman–Crippen LogP) is 3.78. The van der Waals surface area contributed by atoms with Gasteiger partial charge in [-0.3, -0.25) is 4.79 Å². The number of hydrogen-bond acceptors (Lipinski definition) is 4. The van der Waals surface area contributed by atoms with Crippen LogP contribution in [0.15, 0.2) is 12.1 Å². The molecule has 2 aliphatic rings. The molecule has 9 heteroatoms. The van der Waals surface area contributed by atoms with E-state index in [2.05, 4.69) is 11.9 Å². The molecule has 0 bridgehead atoms. The Hall–Kier alpha value is -2.16. The van der Waals surface area contributed by atoms with Gasteiger partial charge in [0.05, 0.1) is 23.9 Å². The molecular weight excluding hydrogens is 407 g/mol. The van der Waals surface area contributed by atoms with Crippen LogP contribution in [-0.2, 0) is 4.79 Å². The van der Waals surface area contributed by atoms with E-state index in [1.165, 1.54) is 0 Å². The summed E-state index contributed by atoms with van der Waals surface area (Å²) in [5.74, 6) is -0.774. The minimum Gasteiger partial charge on any atom is -0.341 e. The van der Waals surface area contributed by atoms with Gasteiger partial charge in [-0.1, -0.05) is 6.92 Å². The van der Waals surface area contributed by atoms with E-state index in [1.807, 2.05) is 28.5 Å². The Morgan fingerprint density at radius 1 is 1.19 bits per heavy atom. The fraction of sp³-hybridized carbons (Fsp3) is 0.682. The number of nitrogens with two attached hydrogens (primary N) is 1. The minimum absolute atomic E-state index is 0.00158. The topological polar surface area (TPSA) is 76.5 Å². The van der Waals surface area contributed by atoms with Crippen molar-refractivity contribution in [3.05, 3.63) is 29.2 Å². The lowest BCUT2D eigenvalue weighted by Crippen LogP contribution is -2.45. The summed E-state index contributed by atoms with van der Waals surface area (Å²) >= 11 is 0. The molecule has 4 rings (SSSR count). The molecule has 2 atom stereocenters. The first kappa shape index (κ1) is 22.0. The van der Waals surface area contributed by atoms with Crippen molar-refractivity contribution in [2.45, 2.75) is 64.0 Å². The van der Waals surface area contributed by atoms with Crippen molar-refractivity contribution < 1.29 is 18.0 Å². The quantitative estimate of drug-likeness (QED) is 0.793. The lowest BCUT2D eigenvalue weighted by atomic mass is 9.80. The fourth-order valence-corrected chi connectivity index (χ4v) is 5.14. The zero-order valence-corrected chi connectivity index (χ0v) is 18.0. The fourth-order valence-electron chi connectivity index (χ4n) is 5.14. The van der Waals surface area contributed by atoms with E-state index in [0.29, 0.717) is 31.8 Å². The molecule has 1 saturated heterocycles. The smallest absolute Gasteiger partial charge is 0.341 e. The first-order valence-electron chi connectivity index (χ1n) is 11.1. The van der Waals surface area contributed by atoms with E-state index in [0.717, 1.165) is 29.1 Å². The van der Waals surface area contributed by atoms with E-state index in [9.17, 15) is 18.0 Å². The molecule has 0 spiro atoms. The van der Waals surface area contributed by atoms with Crippen LogP contribution in [0.2, 0.25) is 0 Å². The van der Waals surface area contributed by atoms with Crippen LogP contribution in [0.25, 0.3) is 5.65 Å². The first-order valence-corrected chi connectivity index (χ1v) is 11.1. The Labute approximate surface area is 180 Å². The highest BCUT2D eigenvalue weighted by molar-refractivity contribution is 5.78. The second kappa shape index (κ2) is 8.41. The highest BCUT2D eigenvalue weighted by atomic mass is 19.4. The van der Waals surface area contributed by atoms with Gasteiger partial charge >= 0.3 is 6.18 Å². The molecule has 0 aromatic carbocycles. The number of aryl methyl sites for hydroxylation is 1. The molecule has 31 heavy (non-hydrogen) atoms. The van der Waals surface area contributed by atoms with Gasteiger partial charge in [-0.25, -0.2) is 9.50 Å². The van der Waals surface area contributed by atoms with Crippen molar-refractivity contribution in [2.75, 3.05) is 19.6 Å². The second-order valence-electron chi connectivity index (χ2n) is 9.17. The number of carbonyl (C=O) groups excluding carboxylic acids is 1.